The summed E-state index contributed by atoms with van der Waals surface area (Å²) in [6.45, 7) is 0. The maximum atomic E-state index is 12.5. The van der Waals surface area contributed by atoms with Crippen LogP contribution in [0, 0.1) is 0 Å². The summed E-state index contributed by atoms with van der Waals surface area (Å²) in [6, 6.07) is 19.2. The molecule has 0 saturated heterocycles. The van der Waals surface area contributed by atoms with Crippen molar-refractivity contribution < 1.29 is 8.42 Å². The predicted octanol–water partition coefficient (Wildman–Crippen LogP) is 4.46. The highest BCUT2D eigenvalue weighted by molar-refractivity contribution is 7.92. The minimum Gasteiger partial charge on any atom is -0.306 e. The fraction of sp³-hybridized carbons (Fsp3) is 0. The maximum absolute atomic E-state index is 12.5. The molecule has 0 amide bonds. The number of hydrogen-bond acceptors (Lipinski definition) is 3. The van der Waals surface area contributed by atoms with Gasteiger partial charge in [0.2, 0.25) is 0 Å². The van der Waals surface area contributed by atoms with E-state index in [2.05, 4.69) is 9.71 Å². The Morgan fingerprint density at radius 1 is 0.923 bits per heavy atom. The van der Waals surface area contributed by atoms with E-state index in [9.17, 15) is 8.42 Å². The van der Waals surface area contributed by atoms with Gasteiger partial charge in [-0.05, 0) is 36.4 Å². The summed E-state index contributed by atoms with van der Waals surface area (Å²) in [5.74, 6) is 0. The first-order valence-electron chi connectivity index (χ1n) is 7.84. The maximum Gasteiger partial charge on any atom is 0.263 e. The molecule has 0 bridgehead atoms. The van der Waals surface area contributed by atoms with Crippen LogP contribution in [0.4, 0.5) is 5.69 Å². The lowest BCUT2D eigenvalue weighted by Crippen LogP contribution is -2.13. The molecule has 0 radical (unpaired) electrons. The van der Waals surface area contributed by atoms with Crippen molar-refractivity contribution in [3.63, 3.8) is 0 Å². The molecular formula is C19H14ClN3O2S. The zero-order valence-electron chi connectivity index (χ0n) is 13.5. The van der Waals surface area contributed by atoms with Crippen LogP contribution in [0.15, 0.2) is 84.0 Å². The Labute approximate surface area is 155 Å². The van der Waals surface area contributed by atoms with E-state index < -0.39 is 10.0 Å². The van der Waals surface area contributed by atoms with Crippen LogP contribution in [0.25, 0.3) is 16.9 Å². The van der Waals surface area contributed by atoms with Gasteiger partial charge in [0.1, 0.15) is 10.5 Å². The first kappa shape index (κ1) is 16.6. The van der Waals surface area contributed by atoms with E-state index in [1.165, 1.54) is 6.07 Å². The number of rotatable bonds is 4. The fourth-order valence-electron chi connectivity index (χ4n) is 2.66. The van der Waals surface area contributed by atoms with Crippen molar-refractivity contribution in [3.05, 3.63) is 84.1 Å². The molecule has 2 heterocycles. The molecule has 7 heteroatoms. The van der Waals surface area contributed by atoms with Gasteiger partial charge < -0.3 is 4.40 Å². The Bertz CT molecular complexity index is 1150. The molecule has 5 nitrogen and oxygen atoms in total. The largest absolute Gasteiger partial charge is 0.306 e. The summed E-state index contributed by atoms with van der Waals surface area (Å²) in [5, 5.41) is 0.182. The van der Waals surface area contributed by atoms with Gasteiger partial charge in [-0.25, -0.2) is 13.4 Å². The number of hydrogen-bond donors (Lipinski definition) is 1. The van der Waals surface area contributed by atoms with Crippen molar-refractivity contribution in [2.75, 3.05) is 4.72 Å². The highest BCUT2D eigenvalue weighted by Crippen LogP contribution is 2.25. The molecule has 0 unspecified atom stereocenters. The molecule has 0 aliphatic rings. The van der Waals surface area contributed by atoms with Gasteiger partial charge in [-0.3, -0.25) is 4.72 Å². The number of anilines is 1. The van der Waals surface area contributed by atoms with Gasteiger partial charge >= 0.3 is 0 Å². The minimum absolute atomic E-state index is 0.0473. The van der Waals surface area contributed by atoms with Crippen LogP contribution >= 0.6 is 11.6 Å². The number of nitrogens with zero attached hydrogens (tertiary/aromatic N) is 2. The molecule has 4 aromatic rings. The summed E-state index contributed by atoms with van der Waals surface area (Å²) in [5.41, 5.74) is 3.02. The molecule has 1 N–H and O–H groups in total. The van der Waals surface area contributed by atoms with Crippen LogP contribution in [0.2, 0.25) is 5.02 Å². The lowest BCUT2D eigenvalue weighted by Gasteiger charge is -2.09. The number of imidazole rings is 1. The monoisotopic (exact) mass is 383 g/mol. The molecule has 2 aromatic heterocycles. The Morgan fingerprint density at radius 2 is 1.65 bits per heavy atom. The Hall–Kier alpha value is -2.83. The van der Waals surface area contributed by atoms with Crippen molar-refractivity contribution >= 4 is 33.0 Å². The Morgan fingerprint density at radius 3 is 2.38 bits per heavy atom. The van der Waals surface area contributed by atoms with E-state index in [1.54, 1.807) is 30.3 Å². The normalized spacial score (nSPS) is 11.6. The second-order valence-electron chi connectivity index (χ2n) is 5.71. The third-order valence-corrected chi connectivity index (χ3v) is 5.80. The standard InChI is InChI=1S/C19H14ClN3O2S/c20-16-5-1-2-6-18(16)26(24,25)22-15-10-8-14(9-11-15)17-13-23-12-4-3-7-19(23)21-17/h1-13,22H. The number of nitrogens with one attached hydrogen (secondary N) is 1. The summed E-state index contributed by atoms with van der Waals surface area (Å²) in [6.07, 6.45) is 3.86. The quantitative estimate of drug-likeness (QED) is 0.566. The molecule has 0 spiro atoms. The van der Waals surface area contributed by atoms with E-state index >= 15 is 0 Å². The van der Waals surface area contributed by atoms with E-state index in [0.29, 0.717) is 5.69 Å². The molecule has 26 heavy (non-hydrogen) atoms. The van der Waals surface area contributed by atoms with Gasteiger partial charge in [0.15, 0.2) is 0 Å². The minimum atomic E-state index is -3.74. The second kappa shape index (κ2) is 6.48. The smallest absolute Gasteiger partial charge is 0.263 e. The van der Waals surface area contributed by atoms with Crippen LogP contribution in [0.5, 0.6) is 0 Å². The average molecular weight is 384 g/mol. The first-order valence-corrected chi connectivity index (χ1v) is 9.70. The van der Waals surface area contributed by atoms with Crippen molar-refractivity contribution in [2.45, 2.75) is 4.90 Å². The molecule has 130 valence electrons. The van der Waals surface area contributed by atoms with E-state index in [0.717, 1.165) is 16.9 Å². The second-order valence-corrected chi connectivity index (χ2v) is 7.76. The third kappa shape index (κ3) is 3.16. The van der Waals surface area contributed by atoms with Crippen LogP contribution < -0.4 is 4.72 Å². The van der Waals surface area contributed by atoms with E-state index in [-0.39, 0.29) is 9.92 Å². The molecule has 2 aromatic carbocycles. The molecule has 4 rings (SSSR count). The van der Waals surface area contributed by atoms with Gasteiger partial charge in [-0.15, -0.1) is 0 Å². The predicted molar refractivity (Wildman–Crippen MR) is 103 cm³/mol. The molecule has 0 aliphatic heterocycles. The number of benzene rings is 2. The van der Waals surface area contributed by atoms with Gasteiger partial charge in [0.25, 0.3) is 10.0 Å². The number of fused-ring (bicyclic) bond motifs is 1. The molecule has 0 saturated carbocycles. The first-order chi connectivity index (χ1) is 12.5. The summed E-state index contributed by atoms with van der Waals surface area (Å²) >= 11 is 5.99. The van der Waals surface area contributed by atoms with Gasteiger partial charge in [-0.2, -0.15) is 0 Å². The fourth-order valence-corrected chi connectivity index (χ4v) is 4.23. The molecular weight excluding hydrogens is 370 g/mol. The zero-order chi connectivity index (χ0) is 18.1. The SMILES string of the molecule is O=S(=O)(Nc1ccc(-c2cn3ccccc3n2)cc1)c1ccccc1Cl. The number of sulfonamides is 1. The van der Waals surface area contributed by atoms with Gasteiger partial charge in [-0.1, -0.05) is 41.9 Å². The average Bonchev–Trinajstić information content (AvgIpc) is 3.06. The highest BCUT2D eigenvalue weighted by Gasteiger charge is 2.17. The van der Waals surface area contributed by atoms with Crippen LogP contribution in [0.1, 0.15) is 0 Å². The molecule has 0 fully saturated rings. The van der Waals surface area contributed by atoms with Gasteiger partial charge in [0.05, 0.1) is 10.7 Å². The Kier molecular flexibility index (Phi) is 4.14. The van der Waals surface area contributed by atoms with Crippen molar-refractivity contribution in [2.24, 2.45) is 0 Å². The van der Waals surface area contributed by atoms with Crippen LogP contribution in [0.3, 0.4) is 0 Å². The van der Waals surface area contributed by atoms with E-state index in [4.69, 9.17) is 11.6 Å². The van der Waals surface area contributed by atoms with Gasteiger partial charge in [0, 0.05) is 23.6 Å². The van der Waals surface area contributed by atoms with Crippen molar-refractivity contribution in [3.8, 4) is 11.3 Å². The number of halogens is 1. The molecule has 0 atom stereocenters. The number of aromatic nitrogens is 2. The Balaban J connectivity index is 1.61. The highest BCUT2D eigenvalue weighted by atomic mass is 35.5. The third-order valence-electron chi connectivity index (χ3n) is 3.92. The lowest BCUT2D eigenvalue weighted by molar-refractivity contribution is 0.601. The molecule has 0 aliphatic carbocycles. The zero-order valence-corrected chi connectivity index (χ0v) is 15.1. The van der Waals surface area contributed by atoms with Crippen molar-refractivity contribution in [1.82, 2.24) is 9.38 Å². The topological polar surface area (TPSA) is 63.5 Å². The van der Waals surface area contributed by atoms with Crippen LogP contribution in [-0.4, -0.2) is 17.8 Å². The summed E-state index contributed by atoms with van der Waals surface area (Å²) < 4.78 is 29.4. The van der Waals surface area contributed by atoms with E-state index in [1.807, 2.05) is 47.1 Å². The summed E-state index contributed by atoms with van der Waals surface area (Å²) in [4.78, 5) is 4.60. The number of pyridine rings is 1. The lowest BCUT2D eigenvalue weighted by atomic mass is 10.1. The summed E-state index contributed by atoms with van der Waals surface area (Å²) in [7, 11) is -3.74. The van der Waals surface area contributed by atoms with Crippen molar-refractivity contribution in [1.29, 1.82) is 0 Å². The van der Waals surface area contributed by atoms with Crippen LogP contribution in [-0.2, 0) is 10.0 Å².